The van der Waals surface area contributed by atoms with E-state index in [1.807, 2.05) is 13.8 Å². The number of hydrogen-bond donors (Lipinski definition) is 0. The zero-order chi connectivity index (χ0) is 13.8. The van der Waals surface area contributed by atoms with E-state index in [4.69, 9.17) is 11.6 Å². The number of hydrogen-bond acceptors (Lipinski definition) is 1. The molecule has 0 bridgehead atoms. The molecular weight excluding hydrogens is 273 g/mol. The van der Waals surface area contributed by atoms with Crippen LogP contribution in [-0.2, 0) is 17.0 Å². The Kier molecular flexibility index (Phi) is 6.19. The van der Waals surface area contributed by atoms with Gasteiger partial charge in [0.25, 0.3) is 0 Å². The minimum absolute atomic E-state index is 0.0185. The third-order valence-electron chi connectivity index (χ3n) is 1.93. The second kappa shape index (κ2) is 6.40. The summed E-state index contributed by atoms with van der Waals surface area (Å²) in [6.07, 6.45) is -3.15. The van der Waals surface area contributed by atoms with E-state index in [-0.39, 0.29) is 9.92 Å². The number of halogens is 4. The molecule has 0 fully saturated rings. The molecule has 0 spiro atoms. The third-order valence-corrected chi connectivity index (χ3v) is 3.37. The highest BCUT2D eigenvalue weighted by molar-refractivity contribution is 7.84. The fraction of sp³-hybridized carbons (Fsp3) is 0.455. The van der Waals surface area contributed by atoms with Gasteiger partial charge in [0, 0.05) is 16.2 Å². The standard InChI is InChI=1S/C9H8ClF3OS.C2H6/c1-5-7(10)3-6(9(11,12)13)4-8(5)15(2)14;1-2/h3-4H,1-2H3;1-2H3. The van der Waals surface area contributed by atoms with E-state index in [9.17, 15) is 17.4 Å². The number of rotatable bonds is 1. The van der Waals surface area contributed by atoms with Crippen LogP contribution in [0.3, 0.4) is 0 Å². The molecule has 98 valence electrons. The molecule has 0 aliphatic rings. The van der Waals surface area contributed by atoms with Crippen molar-refractivity contribution in [2.24, 2.45) is 0 Å². The maximum Gasteiger partial charge on any atom is 0.416 e. The van der Waals surface area contributed by atoms with Gasteiger partial charge >= 0.3 is 6.18 Å². The highest BCUT2D eigenvalue weighted by Crippen LogP contribution is 2.34. The average Bonchev–Trinajstić information content (AvgIpc) is 2.22. The molecule has 17 heavy (non-hydrogen) atoms. The van der Waals surface area contributed by atoms with Crippen molar-refractivity contribution in [2.45, 2.75) is 31.8 Å². The maximum absolute atomic E-state index is 12.4. The van der Waals surface area contributed by atoms with Gasteiger partial charge in [0.05, 0.1) is 16.4 Å². The molecular formula is C11H14ClF3OS. The first kappa shape index (κ1) is 16.4. The summed E-state index contributed by atoms with van der Waals surface area (Å²) in [5.41, 5.74) is -0.450. The molecule has 0 heterocycles. The minimum Gasteiger partial charge on any atom is -0.255 e. The fourth-order valence-corrected chi connectivity index (χ4v) is 2.23. The summed E-state index contributed by atoms with van der Waals surface area (Å²) in [5.74, 6) is 0. The van der Waals surface area contributed by atoms with Crippen LogP contribution >= 0.6 is 11.6 Å². The molecule has 1 atom stereocenters. The van der Waals surface area contributed by atoms with Crippen molar-refractivity contribution in [3.05, 3.63) is 28.3 Å². The van der Waals surface area contributed by atoms with Crippen LogP contribution in [0.2, 0.25) is 5.02 Å². The van der Waals surface area contributed by atoms with Gasteiger partial charge in [-0.2, -0.15) is 13.2 Å². The molecule has 1 rings (SSSR count). The lowest BCUT2D eigenvalue weighted by atomic mass is 10.1. The van der Waals surface area contributed by atoms with E-state index in [0.717, 1.165) is 12.1 Å². The number of benzene rings is 1. The van der Waals surface area contributed by atoms with Crippen LogP contribution in [0.25, 0.3) is 0 Å². The smallest absolute Gasteiger partial charge is 0.255 e. The SMILES string of the molecule is CC.Cc1c(Cl)cc(C(F)(F)F)cc1S(C)=O. The Morgan fingerprint density at radius 2 is 1.71 bits per heavy atom. The van der Waals surface area contributed by atoms with Crippen molar-refractivity contribution in [2.75, 3.05) is 6.26 Å². The second-order valence-electron chi connectivity index (χ2n) is 3.03. The third kappa shape index (κ3) is 4.32. The summed E-state index contributed by atoms with van der Waals surface area (Å²) in [4.78, 5) is 0.120. The number of alkyl halides is 3. The molecule has 1 unspecified atom stereocenters. The Hall–Kier alpha value is -0.550. The Balaban J connectivity index is 0.00000121. The highest BCUT2D eigenvalue weighted by atomic mass is 35.5. The van der Waals surface area contributed by atoms with Crippen LogP contribution in [-0.4, -0.2) is 10.5 Å². The first-order valence-electron chi connectivity index (χ1n) is 4.94. The van der Waals surface area contributed by atoms with Gasteiger partial charge in [-0.3, -0.25) is 4.21 Å². The Labute approximate surface area is 106 Å². The molecule has 0 amide bonds. The van der Waals surface area contributed by atoms with E-state index >= 15 is 0 Å². The van der Waals surface area contributed by atoms with Gasteiger partial charge < -0.3 is 0 Å². The summed E-state index contributed by atoms with van der Waals surface area (Å²) in [6, 6.07) is 1.71. The van der Waals surface area contributed by atoms with E-state index in [1.165, 1.54) is 6.26 Å². The quantitative estimate of drug-likeness (QED) is 0.746. The summed E-state index contributed by atoms with van der Waals surface area (Å²) in [6.45, 7) is 5.54. The van der Waals surface area contributed by atoms with Crippen molar-refractivity contribution in [1.82, 2.24) is 0 Å². The van der Waals surface area contributed by atoms with E-state index < -0.39 is 22.5 Å². The van der Waals surface area contributed by atoms with Crippen molar-refractivity contribution >= 4 is 22.4 Å². The van der Waals surface area contributed by atoms with Gasteiger partial charge in [-0.05, 0) is 24.6 Å². The second-order valence-corrected chi connectivity index (χ2v) is 4.79. The highest BCUT2D eigenvalue weighted by Gasteiger charge is 2.32. The van der Waals surface area contributed by atoms with Gasteiger partial charge in [-0.1, -0.05) is 25.4 Å². The molecule has 0 N–H and O–H groups in total. The molecule has 1 aromatic carbocycles. The predicted molar refractivity (Wildman–Crippen MR) is 64.9 cm³/mol. The first-order chi connectivity index (χ1) is 7.73. The monoisotopic (exact) mass is 286 g/mol. The summed E-state index contributed by atoms with van der Waals surface area (Å²) in [5, 5.41) is -0.0185. The lowest BCUT2D eigenvalue weighted by molar-refractivity contribution is -0.137. The van der Waals surface area contributed by atoms with E-state index in [1.54, 1.807) is 6.92 Å². The fourth-order valence-electron chi connectivity index (χ4n) is 1.12. The van der Waals surface area contributed by atoms with Crippen molar-refractivity contribution in [1.29, 1.82) is 0 Å². The van der Waals surface area contributed by atoms with Crippen molar-refractivity contribution < 1.29 is 17.4 Å². The van der Waals surface area contributed by atoms with Gasteiger partial charge in [0.1, 0.15) is 0 Å². The maximum atomic E-state index is 12.4. The largest absolute Gasteiger partial charge is 0.416 e. The van der Waals surface area contributed by atoms with Gasteiger partial charge in [0.15, 0.2) is 0 Å². The van der Waals surface area contributed by atoms with Crippen LogP contribution in [0.5, 0.6) is 0 Å². The zero-order valence-electron chi connectivity index (χ0n) is 9.98. The average molecular weight is 287 g/mol. The van der Waals surface area contributed by atoms with E-state index in [0.29, 0.717) is 5.56 Å². The van der Waals surface area contributed by atoms with Crippen LogP contribution in [0.4, 0.5) is 13.2 Å². The summed E-state index contributed by atoms with van der Waals surface area (Å²) >= 11 is 5.63. The molecule has 0 radical (unpaired) electrons. The lowest BCUT2D eigenvalue weighted by Crippen LogP contribution is -2.07. The first-order valence-corrected chi connectivity index (χ1v) is 6.88. The zero-order valence-corrected chi connectivity index (χ0v) is 11.6. The molecule has 0 saturated heterocycles. The summed E-state index contributed by atoms with van der Waals surface area (Å²) in [7, 11) is -1.48. The molecule has 1 aromatic rings. The summed E-state index contributed by atoms with van der Waals surface area (Å²) < 4.78 is 48.3. The normalized spacial score (nSPS) is 12.7. The lowest BCUT2D eigenvalue weighted by Gasteiger charge is -2.11. The Morgan fingerprint density at radius 3 is 2.06 bits per heavy atom. The van der Waals surface area contributed by atoms with Crippen LogP contribution in [0.15, 0.2) is 17.0 Å². The van der Waals surface area contributed by atoms with Gasteiger partial charge in [-0.25, -0.2) is 0 Å². The Bertz CT molecular complexity index is 416. The molecule has 0 aliphatic carbocycles. The van der Waals surface area contributed by atoms with Crippen LogP contribution in [0, 0.1) is 6.92 Å². The van der Waals surface area contributed by atoms with Crippen LogP contribution < -0.4 is 0 Å². The molecule has 0 saturated carbocycles. The predicted octanol–water partition coefficient (Wildman–Crippen LogP) is 4.43. The topological polar surface area (TPSA) is 17.1 Å². The van der Waals surface area contributed by atoms with Gasteiger partial charge in [0.2, 0.25) is 0 Å². The van der Waals surface area contributed by atoms with Crippen molar-refractivity contribution in [3.8, 4) is 0 Å². The molecule has 6 heteroatoms. The van der Waals surface area contributed by atoms with Gasteiger partial charge in [-0.15, -0.1) is 0 Å². The molecule has 0 aromatic heterocycles. The Morgan fingerprint density at radius 1 is 1.24 bits per heavy atom. The van der Waals surface area contributed by atoms with Crippen LogP contribution in [0.1, 0.15) is 25.0 Å². The molecule has 1 nitrogen and oxygen atoms in total. The minimum atomic E-state index is -4.47. The van der Waals surface area contributed by atoms with Crippen molar-refractivity contribution in [3.63, 3.8) is 0 Å². The molecule has 0 aliphatic heterocycles. The van der Waals surface area contributed by atoms with E-state index in [2.05, 4.69) is 0 Å².